The lowest BCUT2D eigenvalue weighted by Crippen LogP contribution is -2.13. The molecule has 0 radical (unpaired) electrons. The summed E-state index contributed by atoms with van der Waals surface area (Å²) >= 11 is 0. The van der Waals surface area contributed by atoms with E-state index in [1.54, 1.807) is 32.3 Å². The van der Waals surface area contributed by atoms with Crippen LogP contribution in [-0.2, 0) is 5.60 Å². The van der Waals surface area contributed by atoms with Crippen LogP contribution in [0.15, 0.2) is 59.4 Å². The first kappa shape index (κ1) is 18.1. The van der Waals surface area contributed by atoms with Crippen LogP contribution in [0.5, 0.6) is 0 Å². The number of fused-ring (bicyclic) bond motifs is 4. The van der Waals surface area contributed by atoms with Crippen molar-refractivity contribution in [1.82, 2.24) is 9.55 Å². The molecule has 3 heterocycles. The number of aliphatic hydroxyl groups excluding tert-OH is 1. The zero-order valence-electron chi connectivity index (χ0n) is 16.1. The highest BCUT2D eigenvalue weighted by Gasteiger charge is 2.31. The average molecular weight is 392 g/mol. The quantitative estimate of drug-likeness (QED) is 0.529. The van der Waals surface area contributed by atoms with Crippen LogP contribution < -0.4 is 0 Å². The summed E-state index contributed by atoms with van der Waals surface area (Å²) in [6.07, 6.45) is 2.87. The van der Waals surface area contributed by atoms with Crippen LogP contribution in [0.1, 0.15) is 49.3 Å². The topological polar surface area (TPSA) is 71.4 Å². The Labute approximate surface area is 167 Å². The molecule has 4 aromatic rings. The van der Waals surface area contributed by atoms with Crippen LogP contribution in [0.2, 0.25) is 0 Å². The van der Waals surface area contributed by atoms with E-state index in [1.165, 1.54) is 6.07 Å². The van der Waals surface area contributed by atoms with Gasteiger partial charge in [0.05, 0.1) is 30.4 Å². The van der Waals surface area contributed by atoms with Crippen molar-refractivity contribution in [2.75, 3.05) is 0 Å². The van der Waals surface area contributed by atoms with Crippen molar-refractivity contribution in [3.8, 4) is 11.3 Å². The second kappa shape index (κ2) is 6.27. The van der Waals surface area contributed by atoms with E-state index in [4.69, 9.17) is 4.42 Å². The highest BCUT2D eigenvalue weighted by molar-refractivity contribution is 5.79. The Morgan fingerprint density at radius 1 is 1.24 bits per heavy atom. The molecular weight excluding hydrogens is 371 g/mol. The molecule has 2 aromatic carbocycles. The fraction of sp³-hybridized carbons (Fsp3) is 0.261. The van der Waals surface area contributed by atoms with E-state index >= 15 is 0 Å². The van der Waals surface area contributed by atoms with E-state index in [0.29, 0.717) is 23.2 Å². The summed E-state index contributed by atoms with van der Waals surface area (Å²) in [6, 6.07) is 12.4. The van der Waals surface area contributed by atoms with Gasteiger partial charge in [-0.1, -0.05) is 24.3 Å². The molecular formula is C23H21FN2O3. The Morgan fingerprint density at radius 2 is 2.03 bits per heavy atom. The number of hydrogen-bond acceptors (Lipinski definition) is 4. The van der Waals surface area contributed by atoms with Gasteiger partial charge >= 0.3 is 0 Å². The molecule has 2 N–H and O–H groups in total. The van der Waals surface area contributed by atoms with Crippen molar-refractivity contribution in [1.29, 1.82) is 0 Å². The zero-order chi connectivity index (χ0) is 20.3. The molecule has 29 heavy (non-hydrogen) atoms. The number of hydrogen-bond donors (Lipinski definition) is 2. The van der Waals surface area contributed by atoms with Gasteiger partial charge in [-0.25, -0.2) is 9.37 Å². The Kier molecular flexibility index (Phi) is 3.91. The van der Waals surface area contributed by atoms with Gasteiger partial charge in [0.1, 0.15) is 22.8 Å². The lowest BCUT2D eigenvalue weighted by molar-refractivity contribution is 0.0559. The predicted molar refractivity (Wildman–Crippen MR) is 107 cm³/mol. The fourth-order valence-electron chi connectivity index (χ4n) is 4.15. The zero-order valence-corrected chi connectivity index (χ0v) is 16.1. The first-order valence-corrected chi connectivity index (χ1v) is 9.58. The number of aliphatic hydroxyl groups is 2. The first-order valence-electron chi connectivity index (χ1n) is 9.58. The predicted octanol–water partition coefficient (Wildman–Crippen LogP) is 4.69. The fourth-order valence-corrected chi connectivity index (χ4v) is 4.15. The van der Waals surface area contributed by atoms with Crippen molar-refractivity contribution >= 4 is 11.0 Å². The number of furan rings is 1. The highest BCUT2D eigenvalue weighted by atomic mass is 19.1. The highest BCUT2D eigenvalue weighted by Crippen LogP contribution is 2.43. The molecule has 0 saturated heterocycles. The van der Waals surface area contributed by atoms with Gasteiger partial charge < -0.3 is 19.2 Å². The van der Waals surface area contributed by atoms with E-state index in [-0.39, 0.29) is 11.6 Å². The molecule has 0 saturated carbocycles. The third-order valence-corrected chi connectivity index (χ3v) is 5.64. The van der Waals surface area contributed by atoms with Gasteiger partial charge in [0.15, 0.2) is 0 Å². The third-order valence-electron chi connectivity index (χ3n) is 5.64. The number of aromatic nitrogens is 2. The largest absolute Gasteiger partial charge is 0.458 e. The van der Waals surface area contributed by atoms with Crippen LogP contribution in [-0.4, -0.2) is 19.8 Å². The summed E-state index contributed by atoms with van der Waals surface area (Å²) < 4.78 is 22.4. The summed E-state index contributed by atoms with van der Waals surface area (Å²) in [4.78, 5) is 4.23. The molecule has 0 unspecified atom stereocenters. The van der Waals surface area contributed by atoms with Crippen LogP contribution in [0, 0.1) is 5.82 Å². The van der Waals surface area contributed by atoms with Crippen molar-refractivity contribution in [3.63, 3.8) is 0 Å². The molecule has 5 nitrogen and oxygen atoms in total. The summed E-state index contributed by atoms with van der Waals surface area (Å²) in [5, 5.41) is 21.7. The van der Waals surface area contributed by atoms with Crippen LogP contribution in [0.4, 0.5) is 4.39 Å². The Hall–Kier alpha value is -2.96. The minimum atomic E-state index is -1.17. The van der Waals surface area contributed by atoms with Crippen molar-refractivity contribution in [3.05, 3.63) is 77.7 Å². The minimum Gasteiger partial charge on any atom is -0.458 e. The molecule has 5 rings (SSSR count). The molecule has 0 fully saturated rings. The Bertz CT molecular complexity index is 1220. The molecule has 148 valence electrons. The van der Waals surface area contributed by atoms with Gasteiger partial charge in [-0.05, 0) is 31.5 Å². The van der Waals surface area contributed by atoms with Gasteiger partial charge in [0.2, 0.25) is 0 Å². The molecule has 0 aliphatic carbocycles. The summed E-state index contributed by atoms with van der Waals surface area (Å²) in [6.45, 7) is 3.22. The second-order valence-electron chi connectivity index (χ2n) is 8.12. The van der Waals surface area contributed by atoms with Crippen LogP contribution in [0.3, 0.4) is 0 Å². The standard InChI is InChI=1S/C23H21FN2O3/c1-23(2,28)22-8-13-7-16(17(24)9-21(13)29-22)20(27)10-18-14-5-3-4-6-15(14)19-11-25-12-26(18)19/h3-9,11-12,18,20,27-28H,10H2,1-2H3/t18-,20+/m1/s1. The van der Waals surface area contributed by atoms with Gasteiger partial charge in [0.25, 0.3) is 0 Å². The van der Waals surface area contributed by atoms with E-state index in [1.807, 2.05) is 35.0 Å². The summed E-state index contributed by atoms with van der Waals surface area (Å²) in [5.41, 5.74) is 2.57. The molecule has 2 aromatic heterocycles. The van der Waals surface area contributed by atoms with Gasteiger partial charge in [-0.15, -0.1) is 0 Å². The Balaban J connectivity index is 1.51. The smallest absolute Gasteiger partial charge is 0.137 e. The average Bonchev–Trinajstić information content (AvgIpc) is 3.36. The number of nitrogens with zero attached hydrogens (tertiary/aromatic N) is 2. The maximum atomic E-state index is 14.8. The van der Waals surface area contributed by atoms with Crippen molar-refractivity contribution in [2.24, 2.45) is 0 Å². The maximum Gasteiger partial charge on any atom is 0.137 e. The lowest BCUT2D eigenvalue weighted by atomic mass is 9.95. The molecule has 6 heteroatoms. The molecule has 0 bridgehead atoms. The van der Waals surface area contributed by atoms with Gasteiger partial charge in [0, 0.05) is 29.0 Å². The summed E-state index contributed by atoms with van der Waals surface area (Å²) in [5.74, 6) is -0.176. The van der Waals surface area contributed by atoms with E-state index in [2.05, 4.69) is 4.98 Å². The maximum absolute atomic E-state index is 14.8. The first-order chi connectivity index (χ1) is 13.8. The van der Waals surface area contributed by atoms with Crippen LogP contribution in [0.25, 0.3) is 22.2 Å². The summed E-state index contributed by atoms with van der Waals surface area (Å²) in [7, 11) is 0. The molecule has 2 atom stereocenters. The molecule has 1 aliphatic rings. The molecule has 0 spiro atoms. The van der Waals surface area contributed by atoms with Crippen molar-refractivity contribution < 1.29 is 19.0 Å². The number of imidazole rings is 1. The minimum absolute atomic E-state index is 0.120. The molecule has 1 aliphatic heterocycles. The Morgan fingerprint density at radius 3 is 2.83 bits per heavy atom. The van der Waals surface area contributed by atoms with Gasteiger partial charge in [-0.2, -0.15) is 0 Å². The van der Waals surface area contributed by atoms with E-state index in [0.717, 1.165) is 16.8 Å². The lowest BCUT2D eigenvalue weighted by Gasteiger charge is -2.19. The van der Waals surface area contributed by atoms with Crippen LogP contribution >= 0.6 is 0 Å². The second-order valence-corrected chi connectivity index (χ2v) is 8.12. The molecule has 0 amide bonds. The monoisotopic (exact) mass is 392 g/mol. The number of halogens is 1. The SMILES string of the molecule is CC(C)(O)c1cc2cc([C@@H](O)C[C@@H]3c4ccccc4-c4cncn43)c(F)cc2o1. The van der Waals surface area contributed by atoms with E-state index in [9.17, 15) is 14.6 Å². The van der Waals surface area contributed by atoms with Gasteiger partial charge in [-0.3, -0.25) is 0 Å². The van der Waals surface area contributed by atoms with E-state index < -0.39 is 17.5 Å². The number of rotatable bonds is 4. The normalized spacial score (nSPS) is 16.8. The third kappa shape index (κ3) is 2.87. The van der Waals surface area contributed by atoms with Crippen molar-refractivity contribution in [2.45, 2.75) is 38.0 Å². The number of benzene rings is 2.